The van der Waals surface area contributed by atoms with Gasteiger partial charge < -0.3 is 10.5 Å². The predicted molar refractivity (Wildman–Crippen MR) is 80.7 cm³/mol. The highest BCUT2D eigenvalue weighted by molar-refractivity contribution is 9.10. The van der Waals surface area contributed by atoms with Crippen molar-refractivity contribution in [3.63, 3.8) is 0 Å². The van der Waals surface area contributed by atoms with Gasteiger partial charge in [-0.3, -0.25) is 0 Å². The molecule has 2 aromatic carbocycles. The molecule has 0 spiro atoms. The standard InChI is InChI=1S/C14H10BrF2NOS/c15-11-6-10(16)3-1-9(11)7-19-13-4-2-8(14(18)20)5-12(13)17/h1-6H,7H2,(H2,18,20). The van der Waals surface area contributed by atoms with Gasteiger partial charge in [0.05, 0.1) is 0 Å². The molecule has 0 bridgehead atoms. The van der Waals surface area contributed by atoms with Crippen molar-refractivity contribution < 1.29 is 13.5 Å². The number of halogens is 3. The molecule has 0 atom stereocenters. The van der Waals surface area contributed by atoms with Crippen LogP contribution in [0.2, 0.25) is 0 Å². The summed E-state index contributed by atoms with van der Waals surface area (Å²) in [7, 11) is 0. The molecule has 0 unspecified atom stereocenters. The van der Waals surface area contributed by atoms with Crippen LogP contribution in [0.1, 0.15) is 11.1 Å². The predicted octanol–water partition coefficient (Wildman–Crippen LogP) is 3.94. The van der Waals surface area contributed by atoms with Crippen molar-refractivity contribution in [3.8, 4) is 5.75 Å². The van der Waals surface area contributed by atoms with E-state index >= 15 is 0 Å². The summed E-state index contributed by atoms with van der Waals surface area (Å²) in [4.78, 5) is 0.122. The van der Waals surface area contributed by atoms with Crippen LogP contribution in [-0.4, -0.2) is 4.99 Å². The topological polar surface area (TPSA) is 35.2 Å². The van der Waals surface area contributed by atoms with E-state index in [0.717, 1.165) is 0 Å². The van der Waals surface area contributed by atoms with Crippen LogP contribution in [0.15, 0.2) is 40.9 Å². The van der Waals surface area contributed by atoms with Crippen molar-refractivity contribution in [1.82, 2.24) is 0 Å². The number of hydrogen-bond acceptors (Lipinski definition) is 2. The van der Waals surface area contributed by atoms with E-state index in [1.807, 2.05) is 0 Å². The SMILES string of the molecule is NC(=S)c1ccc(OCc2ccc(F)cc2Br)c(F)c1. The van der Waals surface area contributed by atoms with Crippen LogP contribution in [0.25, 0.3) is 0 Å². The molecule has 0 saturated carbocycles. The summed E-state index contributed by atoms with van der Waals surface area (Å²) in [5.74, 6) is -0.817. The van der Waals surface area contributed by atoms with E-state index in [4.69, 9.17) is 22.7 Å². The smallest absolute Gasteiger partial charge is 0.165 e. The number of benzene rings is 2. The molecule has 0 radical (unpaired) electrons. The van der Waals surface area contributed by atoms with E-state index in [2.05, 4.69) is 15.9 Å². The second kappa shape index (κ2) is 6.28. The minimum atomic E-state index is -0.548. The van der Waals surface area contributed by atoms with Gasteiger partial charge in [0.15, 0.2) is 11.6 Å². The number of hydrogen-bond donors (Lipinski definition) is 1. The summed E-state index contributed by atoms with van der Waals surface area (Å²) >= 11 is 7.99. The zero-order chi connectivity index (χ0) is 14.7. The average Bonchev–Trinajstić information content (AvgIpc) is 2.38. The van der Waals surface area contributed by atoms with Gasteiger partial charge in [-0.2, -0.15) is 0 Å². The van der Waals surface area contributed by atoms with Crippen molar-refractivity contribution in [2.24, 2.45) is 5.73 Å². The molecule has 2 N–H and O–H groups in total. The summed E-state index contributed by atoms with van der Waals surface area (Å²) in [5.41, 5.74) is 6.56. The van der Waals surface area contributed by atoms with Crippen LogP contribution >= 0.6 is 28.1 Å². The Labute approximate surface area is 128 Å². The number of rotatable bonds is 4. The second-order valence-corrected chi connectivity index (χ2v) is 5.33. The molecule has 0 fully saturated rings. The quantitative estimate of drug-likeness (QED) is 0.841. The van der Waals surface area contributed by atoms with Crippen LogP contribution in [0.5, 0.6) is 5.75 Å². The van der Waals surface area contributed by atoms with E-state index in [1.54, 1.807) is 12.1 Å². The number of nitrogens with two attached hydrogens (primary N) is 1. The number of thiocarbonyl (C=S) groups is 1. The molecule has 2 aromatic rings. The summed E-state index contributed by atoms with van der Waals surface area (Å²) in [6.07, 6.45) is 0. The zero-order valence-corrected chi connectivity index (χ0v) is 12.6. The van der Waals surface area contributed by atoms with Gasteiger partial charge in [-0.1, -0.05) is 34.2 Å². The first-order chi connectivity index (χ1) is 9.47. The lowest BCUT2D eigenvalue weighted by atomic mass is 10.2. The largest absolute Gasteiger partial charge is 0.486 e. The molecule has 0 heterocycles. The average molecular weight is 358 g/mol. The maximum Gasteiger partial charge on any atom is 0.165 e. The molecule has 104 valence electrons. The maximum absolute atomic E-state index is 13.8. The molecule has 0 amide bonds. The van der Waals surface area contributed by atoms with Crippen LogP contribution in [0.3, 0.4) is 0 Å². The lowest BCUT2D eigenvalue weighted by Gasteiger charge is -2.09. The van der Waals surface area contributed by atoms with E-state index in [1.165, 1.54) is 24.3 Å². The molecule has 0 aromatic heterocycles. The fourth-order valence-electron chi connectivity index (χ4n) is 1.57. The Morgan fingerprint density at radius 3 is 2.55 bits per heavy atom. The van der Waals surface area contributed by atoms with Crippen LogP contribution < -0.4 is 10.5 Å². The maximum atomic E-state index is 13.8. The molecular formula is C14H10BrF2NOS. The molecule has 2 nitrogen and oxygen atoms in total. The van der Waals surface area contributed by atoms with E-state index in [-0.39, 0.29) is 23.2 Å². The van der Waals surface area contributed by atoms with Gasteiger partial charge in [0.1, 0.15) is 17.4 Å². The summed E-state index contributed by atoms with van der Waals surface area (Å²) < 4.78 is 32.6. The molecule has 6 heteroatoms. The molecule has 2 rings (SSSR count). The Hall–Kier alpha value is -1.53. The van der Waals surface area contributed by atoms with E-state index in [9.17, 15) is 8.78 Å². The van der Waals surface area contributed by atoms with Crippen molar-refractivity contribution >= 4 is 33.1 Å². The Morgan fingerprint density at radius 1 is 1.20 bits per heavy atom. The fraction of sp³-hybridized carbons (Fsp3) is 0.0714. The highest BCUT2D eigenvalue weighted by Gasteiger charge is 2.08. The minimum Gasteiger partial charge on any atom is -0.486 e. The first kappa shape index (κ1) is 14.9. The van der Waals surface area contributed by atoms with Gasteiger partial charge >= 0.3 is 0 Å². The Balaban J connectivity index is 2.13. The molecule has 20 heavy (non-hydrogen) atoms. The highest BCUT2D eigenvalue weighted by atomic mass is 79.9. The Kier molecular flexibility index (Phi) is 4.67. The lowest BCUT2D eigenvalue weighted by Crippen LogP contribution is -2.09. The normalized spacial score (nSPS) is 10.3. The van der Waals surface area contributed by atoms with Gasteiger partial charge in [0, 0.05) is 15.6 Å². The van der Waals surface area contributed by atoms with Crippen molar-refractivity contribution in [2.75, 3.05) is 0 Å². The van der Waals surface area contributed by atoms with Crippen LogP contribution in [-0.2, 0) is 6.61 Å². The molecule has 0 aliphatic carbocycles. The highest BCUT2D eigenvalue weighted by Crippen LogP contribution is 2.23. The van der Waals surface area contributed by atoms with Crippen molar-refractivity contribution in [3.05, 3.63) is 63.6 Å². The van der Waals surface area contributed by atoms with Crippen LogP contribution in [0, 0.1) is 11.6 Å². The van der Waals surface area contributed by atoms with Crippen LogP contribution in [0.4, 0.5) is 8.78 Å². The van der Waals surface area contributed by atoms with Gasteiger partial charge in [-0.05, 0) is 30.3 Å². The number of ether oxygens (including phenoxy) is 1. The van der Waals surface area contributed by atoms with Crippen molar-refractivity contribution in [1.29, 1.82) is 0 Å². The zero-order valence-electron chi connectivity index (χ0n) is 10.2. The lowest BCUT2D eigenvalue weighted by molar-refractivity contribution is 0.289. The molecule has 0 aliphatic rings. The van der Waals surface area contributed by atoms with Gasteiger partial charge in [-0.15, -0.1) is 0 Å². The fourth-order valence-corrected chi connectivity index (χ4v) is 2.16. The Bertz CT molecular complexity index is 664. The van der Waals surface area contributed by atoms with E-state index in [0.29, 0.717) is 15.6 Å². The molecular weight excluding hydrogens is 348 g/mol. The van der Waals surface area contributed by atoms with Crippen molar-refractivity contribution in [2.45, 2.75) is 6.61 Å². The Morgan fingerprint density at radius 2 is 1.95 bits per heavy atom. The third kappa shape index (κ3) is 3.52. The summed E-state index contributed by atoms with van der Waals surface area (Å²) in [6.45, 7) is 0.115. The minimum absolute atomic E-state index is 0.0845. The second-order valence-electron chi connectivity index (χ2n) is 4.03. The third-order valence-electron chi connectivity index (χ3n) is 2.61. The first-order valence-corrected chi connectivity index (χ1v) is 6.83. The third-order valence-corrected chi connectivity index (χ3v) is 3.59. The summed E-state index contributed by atoms with van der Waals surface area (Å²) in [5, 5.41) is 0. The molecule has 0 saturated heterocycles. The summed E-state index contributed by atoms with van der Waals surface area (Å²) in [6, 6.07) is 8.47. The van der Waals surface area contributed by atoms with Gasteiger partial charge in [0.2, 0.25) is 0 Å². The van der Waals surface area contributed by atoms with Gasteiger partial charge in [-0.25, -0.2) is 8.78 Å². The first-order valence-electron chi connectivity index (χ1n) is 5.63. The molecule has 0 aliphatic heterocycles. The van der Waals surface area contributed by atoms with Gasteiger partial charge in [0.25, 0.3) is 0 Å². The monoisotopic (exact) mass is 357 g/mol. The van der Waals surface area contributed by atoms with E-state index < -0.39 is 5.82 Å².